The molecule has 1 saturated heterocycles. The largest absolute Gasteiger partial charge is 0.493 e. The fourth-order valence-electron chi connectivity index (χ4n) is 6.81. The first-order valence-corrected chi connectivity index (χ1v) is 16.8. The van der Waals surface area contributed by atoms with Crippen LogP contribution in [0, 0.1) is 5.92 Å². The Kier molecular flexibility index (Phi) is 9.55. The molecule has 0 radical (unpaired) electrons. The Hall–Kier alpha value is -5.93. The van der Waals surface area contributed by atoms with Crippen molar-refractivity contribution in [3.63, 3.8) is 0 Å². The molecular weight excluding hydrogens is 658 g/mol. The van der Waals surface area contributed by atoms with E-state index in [0.717, 1.165) is 24.9 Å². The predicted molar refractivity (Wildman–Crippen MR) is 184 cm³/mol. The Morgan fingerprint density at radius 1 is 0.961 bits per heavy atom. The maximum Gasteiger partial charge on any atom is 0.276 e. The lowest BCUT2D eigenvalue weighted by molar-refractivity contribution is -0.121. The average Bonchev–Trinajstić information content (AvgIpc) is 3.86. The number of rotatable bonds is 5. The van der Waals surface area contributed by atoms with E-state index in [9.17, 15) is 14.4 Å². The van der Waals surface area contributed by atoms with Gasteiger partial charge in [-0.2, -0.15) is 0 Å². The van der Waals surface area contributed by atoms with E-state index in [1.165, 1.54) is 17.2 Å². The Bertz CT molecular complexity index is 2030. The van der Waals surface area contributed by atoms with Gasteiger partial charge in [0, 0.05) is 93.9 Å². The summed E-state index contributed by atoms with van der Waals surface area (Å²) in [5.74, 6) is 1.65. The molecule has 0 spiro atoms. The molecule has 16 nitrogen and oxygen atoms in total. The lowest BCUT2D eigenvalue weighted by atomic mass is 9.97. The highest BCUT2D eigenvalue weighted by atomic mass is 16.5. The highest BCUT2D eigenvalue weighted by Gasteiger charge is 2.30. The number of anilines is 1. The van der Waals surface area contributed by atoms with E-state index in [1.807, 2.05) is 12.1 Å². The molecule has 266 valence electrons. The third kappa shape index (κ3) is 6.80. The highest BCUT2D eigenvalue weighted by Crippen LogP contribution is 2.44. The Morgan fingerprint density at radius 3 is 2.55 bits per heavy atom. The maximum atomic E-state index is 14.4. The second-order valence-corrected chi connectivity index (χ2v) is 12.5. The first-order chi connectivity index (χ1) is 24.9. The molecule has 3 amide bonds. The summed E-state index contributed by atoms with van der Waals surface area (Å²) >= 11 is 0. The zero-order chi connectivity index (χ0) is 35.5. The van der Waals surface area contributed by atoms with Crippen LogP contribution in [0.25, 0.3) is 16.7 Å². The minimum atomic E-state index is -0.411. The molecule has 1 unspecified atom stereocenters. The number of aromatic nitrogens is 5. The molecule has 6 heterocycles. The molecule has 4 aromatic heterocycles. The summed E-state index contributed by atoms with van der Waals surface area (Å²) in [4.78, 5) is 60.5. The lowest BCUT2D eigenvalue weighted by Crippen LogP contribution is -2.42. The molecule has 2 aliphatic rings. The smallest absolute Gasteiger partial charge is 0.276 e. The Labute approximate surface area is 293 Å². The fraction of sp³-hybridized carbons (Fsp3) is 0.400. The quantitative estimate of drug-likeness (QED) is 0.286. The number of nitrogens with zero attached hydrogens (tertiary/aromatic N) is 8. The number of ether oxygens (including phenoxy) is 3. The molecule has 0 aliphatic carbocycles. The first kappa shape index (κ1) is 33.6. The van der Waals surface area contributed by atoms with Gasteiger partial charge in [-0.25, -0.2) is 15.0 Å². The Balaban J connectivity index is 1.36. The molecule has 2 bridgehead atoms. The van der Waals surface area contributed by atoms with Crippen LogP contribution in [0.3, 0.4) is 0 Å². The second-order valence-electron chi connectivity index (χ2n) is 12.5. The van der Waals surface area contributed by atoms with Gasteiger partial charge in [0.05, 0.1) is 26.8 Å². The van der Waals surface area contributed by atoms with E-state index >= 15 is 0 Å². The molecule has 1 fully saturated rings. The standard InChI is InChI=1S/C35H39N9O7/c1-48-28-17-26-24(30(49-2)31(28)50-3)16-23-20-43(34(47)27-21-44-11-5-9-36-35(44)39-27)14-13-41(33(46)25-8-15-51-40-25)12-7-29(45)37-18-22-6-4-10-42(19-22)32(23)38-26/h5,8-9,11,15-17,21-22H,4,6-7,10,12-14,18-20H2,1-3H3,(H,37,45). The van der Waals surface area contributed by atoms with Crippen molar-refractivity contribution in [3.8, 4) is 17.2 Å². The third-order valence-electron chi connectivity index (χ3n) is 9.38. The number of benzene rings is 1. The van der Waals surface area contributed by atoms with Gasteiger partial charge in [0.1, 0.15) is 17.8 Å². The van der Waals surface area contributed by atoms with Gasteiger partial charge >= 0.3 is 0 Å². The van der Waals surface area contributed by atoms with Crippen molar-refractivity contribution in [1.82, 2.24) is 39.6 Å². The summed E-state index contributed by atoms with van der Waals surface area (Å²) in [5, 5.41) is 7.59. The van der Waals surface area contributed by atoms with E-state index in [1.54, 1.807) is 55.3 Å². The number of piperidine rings is 1. The number of fused-ring (bicyclic) bond motifs is 6. The minimum Gasteiger partial charge on any atom is -0.493 e. The van der Waals surface area contributed by atoms with Crippen LogP contribution < -0.4 is 24.4 Å². The maximum absolute atomic E-state index is 14.4. The molecule has 16 heteroatoms. The normalized spacial score (nSPS) is 17.4. The van der Waals surface area contributed by atoms with Crippen LogP contribution in [0.2, 0.25) is 0 Å². The second kappa shape index (κ2) is 14.5. The van der Waals surface area contributed by atoms with E-state index in [0.29, 0.717) is 52.8 Å². The van der Waals surface area contributed by atoms with Gasteiger partial charge in [0.2, 0.25) is 17.4 Å². The number of hydrogen-bond acceptors (Lipinski definition) is 12. The van der Waals surface area contributed by atoms with Crippen molar-refractivity contribution in [3.05, 3.63) is 66.1 Å². The van der Waals surface area contributed by atoms with Crippen LogP contribution >= 0.6 is 0 Å². The number of methoxy groups -OCH3 is 3. The molecule has 1 atom stereocenters. The van der Waals surface area contributed by atoms with Crippen molar-refractivity contribution in [1.29, 1.82) is 0 Å². The zero-order valence-electron chi connectivity index (χ0n) is 28.7. The topological polar surface area (TPSA) is 170 Å². The summed E-state index contributed by atoms with van der Waals surface area (Å²) in [6.45, 7) is 2.34. The molecule has 7 rings (SSSR count). The molecule has 1 N–H and O–H groups in total. The van der Waals surface area contributed by atoms with Gasteiger partial charge in [0.25, 0.3) is 11.8 Å². The van der Waals surface area contributed by atoms with Gasteiger partial charge in [-0.1, -0.05) is 5.16 Å². The van der Waals surface area contributed by atoms with Crippen molar-refractivity contribution < 1.29 is 33.1 Å². The summed E-state index contributed by atoms with van der Waals surface area (Å²) in [5.41, 5.74) is 1.69. The zero-order valence-corrected chi connectivity index (χ0v) is 28.7. The number of nitrogens with one attached hydrogen (secondary N) is 1. The number of imidazole rings is 1. The van der Waals surface area contributed by atoms with Gasteiger partial charge in [-0.3, -0.25) is 18.8 Å². The minimum absolute atomic E-state index is 0.0860. The van der Waals surface area contributed by atoms with Crippen LogP contribution in [0.4, 0.5) is 5.82 Å². The van der Waals surface area contributed by atoms with E-state index in [-0.39, 0.29) is 61.7 Å². The van der Waals surface area contributed by atoms with Crippen LogP contribution in [-0.2, 0) is 11.3 Å². The average molecular weight is 698 g/mol. The molecule has 2 aliphatic heterocycles. The summed E-state index contributed by atoms with van der Waals surface area (Å²) < 4.78 is 23.8. The first-order valence-electron chi connectivity index (χ1n) is 16.8. The predicted octanol–water partition coefficient (Wildman–Crippen LogP) is 2.81. The molecule has 51 heavy (non-hydrogen) atoms. The van der Waals surface area contributed by atoms with Crippen LogP contribution in [0.1, 0.15) is 45.8 Å². The van der Waals surface area contributed by atoms with Crippen LogP contribution in [0.15, 0.2) is 53.6 Å². The van der Waals surface area contributed by atoms with Crippen molar-refractivity contribution in [2.24, 2.45) is 5.92 Å². The molecule has 1 aromatic carbocycles. The van der Waals surface area contributed by atoms with Crippen LogP contribution in [-0.4, -0.2) is 113 Å². The monoisotopic (exact) mass is 697 g/mol. The number of carbonyl (C=O) groups is 3. The van der Waals surface area contributed by atoms with E-state index in [4.69, 9.17) is 23.7 Å². The lowest BCUT2D eigenvalue weighted by Gasteiger charge is -2.35. The number of carbonyl (C=O) groups excluding carboxylic acids is 3. The van der Waals surface area contributed by atoms with Crippen molar-refractivity contribution in [2.75, 3.05) is 65.5 Å². The number of pyridine rings is 1. The van der Waals surface area contributed by atoms with E-state index < -0.39 is 5.91 Å². The number of amides is 3. The van der Waals surface area contributed by atoms with Gasteiger partial charge < -0.3 is 38.8 Å². The van der Waals surface area contributed by atoms with Crippen molar-refractivity contribution >= 4 is 40.2 Å². The number of hydrogen-bond donors (Lipinski definition) is 1. The third-order valence-corrected chi connectivity index (χ3v) is 9.38. The summed E-state index contributed by atoms with van der Waals surface area (Å²) in [7, 11) is 4.66. The molecular formula is C35H39N9O7. The van der Waals surface area contributed by atoms with Gasteiger partial charge in [-0.05, 0) is 30.9 Å². The Morgan fingerprint density at radius 2 is 1.78 bits per heavy atom. The van der Waals surface area contributed by atoms with Gasteiger partial charge in [-0.15, -0.1) is 0 Å². The summed E-state index contributed by atoms with van der Waals surface area (Å²) in [6.07, 6.45) is 8.25. The van der Waals surface area contributed by atoms with Crippen molar-refractivity contribution in [2.45, 2.75) is 25.8 Å². The highest BCUT2D eigenvalue weighted by molar-refractivity contribution is 5.95. The fourth-order valence-corrected chi connectivity index (χ4v) is 6.81. The molecule has 5 aromatic rings. The van der Waals surface area contributed by atoms with Crippen LogP contribution in [0.5, 0.6) is 17.2 Å². The van der Waals surface area contributed by atoms with Gasteiger partial charge in [0.15, 0.2) is 17.2 Å². The SMILES string of the molecule is COc1cc2nc3c(cc2c(OC)c1OC)CN(C(=O)c1cn2cccnc2n1)CCN(C(=O)c1ccon1)CCC(=O)NCC1CCCN3C1. The van der Waals surface area contributed by atoms with E-state index in [2.05, 4.69) is 25.3 Å². The summed E-state index contributed by atoms with van der Waals surface area (Å²) in [6, 6.07) is 7.02. The molecule has 0 saturated carbocycles.